The predicted octanol–water partition coefficient (Wildman–Crippen LogP) is 3.33. The van der Waals surface area contributed by atoms with E-state index < -0.39 is 0 Å². The maximum atomic E-state index is 10.7. The molecule has 1 saturated carbocycles. The Hall–Kier alpha value is -1.23. The van der Waals surface area contributed by atoms with Gasteiger partial charge in [0.25, 0.3) is 0 Å². The Labute approximate surface area is 104 Å². The van der Waals surface area contributed by atoms with Crippen LogP contribution in [-0.2, 0) is 9.53 Å². The standard InChI is InChI=1S/C15H22O2/c1-3-15(16)17-12-6-4-5-7-14-10-8-13(2)9-11-14/h3,13-14H,1,4,6,8-12H2,2H3. The van der Waals surface area contributed by atoms with Crippen molar-refractivity contribution >= 4 is 5.97 Å². The van der Waals surface area contributed by atoms with Crippen LogP contribution in [0.2, 0.25) is 0 Å². The van der Waals surface area contributed by atoms with Crippen LogP contribution in [0.25, 0.3) is 0 Å². The summed E-state index contributed by atoms with van der Waals surface area (Å²) in [7, 11) is 0. The molecule has 2 heteroatoms. The maximum absolute atomic E-state index is 10.7. The quantitative estimate of drug-likeness (QED) is 0.323. The van der Waals surface area contributed by atoms with Gasteiger partial charge in [0.1, 0.15) is 0 Å². The van der Waals surface area contributed by atoms with Crippen LogP contribution in [-0.4, -0.2) is 12.6 Å². The monoisotopic (exact) mass is 234 g/mol. The zero-order valence-electron chi connectivity index (χ0n) is 10.7. The van der Waals surface area contributed by atoms with Gasteiger partial charge in [0.05, 0.1) is 6.61 Å². The van der Waals surface area contributed by atoms with Gasteiger partial charge in [0.2, 0.25) is 0 Å². The van der Waals surface area contributed by atoms with Crippen molar-refractivity contribution in [2.24, 2.45) is 11.8 Å². The number of ether oxygens (including phenoxy) is 1. The van der Waals surface area contributed by atoms with E-state index in [-0.39, 0.29) is 5.97 Å². The van der Waals surface area contributed by atoms with Crippen LogP contribution in [0, 0.1) is 23.7 Å². The highest BCUT2D eigenvalue weighted by molar-refractivity contribution is 5.81. The van der Waals surface area contributed by atoms with Crippen LogP contribution in [0.15, 0.2) is 12.7 Å². The molecule has 1 aliphatic carbocycles. The molecule has 0 aromatic carbocycles. The molecule has 0 saturated heterocycles. The fourth-order valence-corrected chi connectivity index (χ4v) is 2.01. The molecular weight excluding hydrogens is 212 g/mol. The SMILES string of the molecule is C=CC(=O)OCCCC#CC1CCC(C)CC1. The van der Waals surface area contributed by atoms with Crippen LogP contribution in [0.3, 0.4) is 0 Å². The molecule has 0 heterocycles. The molecule has 0 aromatic rings. The largest absolute Gasteiger partial charge is 0.463 e. The molecule has 17 heavy (non-hydrogen) atoms. The molecular formula is C15H22O2. The lowest BCUT2D eigenvalue weighted by Gasteiger charge is -2.21. The normalized spacial score (nSPS) is 23.4. The number of rotatable bonds is 4. The Balaban J connectivity index is 2.06. The zero-order valence-corrected chi connectivity index (χ0v) is 10.7. The van der Waals surface area contributed by atoms with E-state index in [1.165, 1.54) is 31.8 Å². The molecule has 1 fully saturated rings. The summed E-state index contributed by atoms with van der Waals surface area (Å²) in [4.78, 5) is 10.7. The number of carbonyl (C=O) groups is 1. The Morgan fingerprint density at radius 1 is 1.41 bits per heavy atom. The first-order chi connectivity index (χ1) is 8.22. The fourth-order valence-electron chi connectivity index (χ4n) is 2.01. The lowest BCUT2D eigenvalue weighted by Crippen LogP contribution is -2.10. The Bertz CT molecular complexity index is 301. The van der Waals surface area contributed by atoms with Gasteiger partial charge in [-0.15, -0.1) is 5.92 Å². The van der Waals surface area contributed by atoms with E-state index in [0.29, 0.717) is 12.5 Å². The average molecular weight is 234 g/mol. The van der Waals surface area contributed by atoms with Gasteiger partial charge in [-0.25, -0.2) is 4.79 Å². The molecule has 0 amide bonds. The van der Waals surface area contributed by atoms with Gasteiger partial charge < -0.3 is 4.74 Å². The number of hydrogen-bond acceptors (Lipinski definition) is 2. The number of esters is 1. The zero-order chi connectivity index (χ0) is 12.5. The third-order valence-corrected chi connectivity index (χ3v) is 3.18. The van der Waals surface area contributed by atoms with Crippen molar-refractivity contribution in [1.82, 2.24) is 0 Å². The van der Waals surface area contributed by atoms with Gasteiger partial charge in [0, 0.05) is 18.4 Å². The average Bonchev–Trinajstić information content (AvgIpc) is 2.35. The summed E-state index contributed by atoms with van der Waals surface area (Å²) in [5.74, 6) is 7.66. The molecule has 0 spiro atoms. The summed E-state index contributed by atoms with van der Waals surface area (Å²) < 4.78 is 4.87. The summed E-state index contributed by atoms with van der Waals surface area (Å²) in [5, 5.41) is 0. The van der Waals surface area contributed by atoms with E-state index in [9.17, 15) is 4.79 Å². The molecule has 0 unspecified atom stereocenters. The summed E-state index contributed by atoms with van der Waals surface area (Å²) in [5.41, 5.74) is 0. The van der Waals surface area contributed by atoms with Crippen molar-refractivity contribution in [2.75, 3.05) is 6.61 Å². The highest BCUT2D eigenvalue weighted by Gasteiger charge is 2.15. The van der Waals surface area contributed by atoms with Crippen LogP contribution in [0.4, 0.5) is 0 Å². The second kappa shape index (κ2) is 7.95. The minimum atomic E-state index is -0.348. The third kappa shape index (κ3) is 6.16. The molecule has 94 valence electrons. The Morgan fingerprint density at radius 2 is 2.12 bits per heavy atom. The lowest BCUT2D eigenvalue weighted by atomic mass is 9.83. The highest BCUT2D eigenvalue weighted by Crippen LogP contribution is 2.27. The van der Waals surface area contributed by atoms with Crippen LogP contribution in [0.5, 0.6) is 0 Å². The maximum Gasteiger partial charge on any atom is 0.330 e. The molecule has 2 nitrogen and oxygen atoms in total. The van der Waals surface area contributed by atoms with Crippen LogP contribution < -0.4 is 0 Å². The molecule has 1 rings (SSSR count). The molecule has 0 aliphatic heterocycles. The first kappa shape index (κ1) is 13.8. The second-order valence-electron chi connectivity index (χ2n) is 4.75. The van der Waals surface area contributed by atoms with Gasteiger partial charge >= 0.3 is 5.97 Å². The second-order valence-corrected chi connectivity index (χ2v) is 4.75. The van der Waals surface area contributed by atoms with E-state index in [0.717, 1.165) is 18.8 Å². The van der Waals surface area contributed by atoms with Crippen molar-refractivity contribution in [3.05, 3.63) is 12.7 Å². The number of hydrogen-bond donors (Lipinski definition) is 0. The van der Waals surface area contributed by atoms with E-state index in [1.54, 1.807) is 0 Å². The minimum absolute atomic E-state index is 0.348. The highest BCUT2D eigenvalue weighted by atomic mass is 16.5. The lowest BCUT2D eigenvalue weighted by molar-refractivity contribution is -0.137. The molecule has 1 aliphatic rings. The smallest absolute Gasteiger partial charge is 0.330 e. The van der Waals surface area contributed by atoms with Gasteiger partial charge in [-0.05, 0) is 38.0 Å². The van der Waals surface area contributed by atoms with Gasteiger partial charge in [0.15, 0.2) is 0 Å². The first-order valence-corrected chi connectivity index (χ1v) is 6.50. The Morgan fingerprint density at radius 3 is 2.76 bits per heavy atom. The summed E-state index contributed by atoms with van der Waals surface area (Å²) in [6.07, 6.45) is 7.95. The van der Waals surface area contributed by atoms with Crippen molar-refractivity contribution in [1.29, 1.82) is 0 Å². The van der Waals surface area contributed by atoms with Crippen LogP contribution in [0.1, 0.15) is 45.4 Å². The van der Waals surface area contributed by atoms with Gasteiger partial charge in [-0.2, -0.15) is 0 Å². The van der Waals surface area contributed by atoms with E-state index in [1.807, 2.05) is 0 Å². The molecule has 0 N–H and O–H groups in total. The minimum Gasteiger partial charge on any atom is -0.463 e. The summed E-state index contributed by atoms with van der Waals surface area (Å²) in [6, 6.07) is 0. The van der Waals surface area contributed by atoms with E-state index in [2.05, 4.69) is 25.3 Å². The molecule has 0 aromatic heterocycles. The summed E-state index contributed by atoms with van der Waals surface area (Å²) >= 11 is 0. The van der Waals surface area contributed by atoms with E-state index in [4.69, 9.17) is 4.74 Å². The fraction of sp³-hybridized carbons (Fsp3) is 0.667. The topological polar surface area (TPSA) is 26.3 Å². The van der Waals surface area contributed by atoms with Crippen molar-refractivity contribution in [3.8, 4) is 11.8 Å². The predicted molar refractivity (Wildman–Crippen MR) is 69.3 cm³/mol. The first-order valence-electron chi connectivity index (χ1n) is 6.50. The molecule has 0 bridgehead atoms. The van der Waals surface area contributed by atoms with Crippen LogP contribution >= 0.6 is 0 Å². The molecule has 0 radical (unpaired) electrons. The van der Waals surface area contributed by atoms with Crippen molar-refractivity contribution in [2.45, 2.75) is 45.4 Å². The third-order valence-electron chi connectivity index (χ3n) is 3.18. The van der Waals surface area contributed by atoms with Crippen molar-refractivity contribution in [3.63, 3.8) is 0 Å². The summed E-state index contributed by atoms with van der Waals surface area (Å²) in [6.45, 7) is 6.10. The Kier molecular flexibility index (Phi) is 6.47. The van der Waals surface area contributed by atoms with E-state index >= 15 is 0 Å². The number of carbonyl (C=O) groups excluding carboxylic acids is 1. The molecule has 0 atom stereocenters. The number of unbranched alkanes of at least 4 members (excludes halogenated alkanes) is 1. The van der Waals surface area contributed by atoms with Gasteiger partial charge in [-0.1, -0.05) is 19.4 Å². The van der Waals surface area contributed by atoms with Gasteiger partial charge in [-0.3, -0.25) is 0 Å². The van der Waals surface area contributed by atoms with Crippen molar-refractivity contribution < 1.29 is 9.53 Å².